The number of nitrogens with one attached hydrogen (secondary N) is 2. The molecule has 3 aromatic heterocycles. The summed E-state index contributed by atoms with van der Waals surface area (Å²) in [6, 6.07) is 8.82. The number of piperazine rings is 1. The van der Waals surface area contributed by atoms with Crippen molar-refractivity contribution in [2.24, 2.45) is 7.05 Å². The molecule has 0 spiro atoms. The van der Waals surface area contributed by atoms with E-state index in [2.05, 4.69) is 47.7 Å². The number of carbonyl (C=O) groups is 1. The molecule has 5 aromatic rings. The SMILES string of the molecule is CC1CN(c2ccc(C(=O)Nc3cc(F)c4nn(C)cc4c3)c3nc(OCc4ccnnc4)ncc23)CCN1. The zero-order valence-electron chi connectivity index (χ0n) is 21.4. The van der Waals surface area contributed by atoms with Crippen molar-refractivity contribution in [1.82, 2.24) is 35.3 Å². The van der Waals surface area contributed by atoms with Crippen LogP contribution in [-0.4, -0.2) is 61.5 Å². The van der Waals surface area contributed by atoms with Crippen molar-refractivity contribution in [2.75, 3.05) is 29.9 Å². The molecule has 0 bridgehead atoms. The second kappa shape index (κ2) is 10.2. The molecule has 12 heteroatoms. The first-order valence-electron chi connectivity index (χ1n) is 12.6. The Labute approximate surface area is 223 Å². The van der Waals surface area contributed by atoms with Gasteiger partial charge in [0.05, 0.1) is 17.3 Å². The van der Waals surface area contributed by atoms with Crippen molar-refractivity contribution in [2.45, 2.75) is 19.6 Å². The summed E-state index contributed by atoms with van der Waals surface area (Å²) in [7, 11) is 1.72. The molecule has 1 amide bonds. The van der Waals surface area contributed by atoms with Crippen molar-refractivity contribution < 1.29 is 13.9 Å². The van der Waals surface area contributed by atoms with Gasteiger partial charge in [-0.05, 0) is 37.3 Å². The minimum Gasteiger partial charge on any atom is -0.459 e. The van der Waals surface area contributed by atoms with Gasteiger partial charge >= 0.3 is 6.01 Å². The van der Waals surface area contributed by atoms with Gasteiger partial charge in [-0.2, -0.15) is 20.3 Å². The van der Waals surface area contributed by atoms with Crippen LogP contribution in [0.3, 0.4) is 0 Å². The number of anilines is 2. The summed E-state index contributed by atoms with van der Waals surface area (Å²) >= 11 is 0. The number of aryl methyl sites for hydroxylation is 1. The van der Waals surface area contributed by atoms with E-state index < -0.39 is 11.7 Å². The van der Waals surface area contributed by atoms with Crippen LogP contribution in [0.15, 0.2) is 55.1 Å². The van der Waals surface area contributed by atoms with E-state index in [0.717, 1.165) is 36.3 Å². The average molecular weight is 528 g/mol. The third-order valence-corrected chi connectivity index (χ3v) is 6.61. The largest absolute Gasteiger partial charge is 0.459 e. The van der Waals surface area contributed by atoms with Gasteiger partial charge < -0.3 is 20.3 Å². The van der Waals surface area contributed by atoms with E-state index in [1.54, 1.807) is 50.0 Å². The Hall–Kier alpha value is -4.71. The molecule has 0 radical (unpaired) electrons. The molecular weight excluding hydrogens is 501 g/mol. The van der Waals surface area contributed by atoms with Crippen LogP contribution in [0.4, 0.5) is 15.8 Å². The molecular formula is C27H26FN9O2. The summed E-state index contributed by atoms with van der Waals surface area (Å²) in [5.74, 6) is -0.939. The Balaban J connectivity index is 1.37. The second-order valence-corrected chi connectivity index (χ2v) is 9.54. The van der Waals surface area contributed by atoms with E-state index >= 15 is 0 Å². The summed E-state index contributed by atoms with van der Waals surface area (Å²) in [6.45, 7) is 4.78. The molecule has 0 aliphatic carbocycles. The van der Waals surface area contributed by atoms with Crippen molar-refractivity contribution >= 4 is 39.1 Å². The number of amides is 1. The number of ether oxygens (including phenoxy) is 1. The van der Waals surface area contributed by atoms with Gasteiger partial charge in [-0.3, -0.25) is 9.48 Å². The standard InChI is InChI=1S/C27H26FN9O2/c1-16-13-37(8-7-29-16)23-4-3-20(26(38)33-19-9-18-14-36(2)35-24(18)22(28)10-19)25-21(23)12-30-27(34-25)39-15-17-5-6-31-32-11-17/h3-6,9-12,14,16,29H,7-8,13,15H2,1-2H3,(H,33,38). The third-order valence-electron chi connectivity index (χ3n) is 6.61. The van der Waals surface area contributed by atoms with Gasteiger partial charge in [-0.25, -0.2) is 9.37 Å². The Morgan fingerprint density at radius 1 is 1.21 bits per heavy atom. The van der Waals surface area contributed by atoms with Gasteiger partial charge in [0.1, 0.15) is 12.1 Å². The fraction of sp³-hybridized carbons (Fsp3) is 0.259. The lowest BCUT2D eigenvalue weighted by Crippen LogP contribution is -2.49. The fourth-order valence-electron chi connectivity index (χ4n) is 4.80. The minimum absolute atomic E-state index is 0.127. The lowest BCUT2D eigenvalue weighted by Gasteiger charge is -2.34. The smallest absolute Gasteiger partial charge is 0.317 e. The number of aromatic nitrogens is 6. The first kappa shape index (κ1) is 24.6. The van der Waals surface area contributed by atoms with Crippen LogP contribution in [0.1, 0.15) is 22.8 Å². The molecule has 1 aliphatic heterocycles. The molecule has 2 aromatic carbocycles. The molecule has 0 saturated carbocycles. The van der Waals surface area contributed by atoms with Crippen LogP contribution >= 0.6 is 0 Å². The molecule has 1 saturated heterocycles. The normalized spacial score (nSPS) is 15.6. The topological polar surface area (TPSA) is 123 Å². The average Bonchev–Trinajstić information content (AvgIpc) is 3.32. The Morgan fingerprint density at radius 3 is 2.92 bits per heavy atom. The first-order chi connectivity index (χ1) is 18.9. The number of hydrogen-bond donors (Lipinski definition) is 2. The molecule has 39 heavy (non-hydrogen) atoms. The number of nitrogens with zero attached hydrogens (tertiary/aromatic N) is 7. The van der Waals surface area contributed by atoms with E-state index in [0.29, 0.717) is 28.2 Å². The van der Waals surface area contributed by atoms with Crippen LogP contribution in [0.25, 0.3) is 21.8 Å². The molecule has 1 fully saturated rings. The lowest BCUT2D eigenvalue weighted by molar-refractivity contribution is 0.102. The molecule has 1 unspecified atom stereocenters. The van der Waals surface area contributed by atoms with Crippen molar-refractivity contribution in [3.63, 3.8) is 0 Å². The predicted octanol–water partition coefficient (Wildman–Crippen LogP) is 3.08. The second-order valence-electron chi connectivity index (χ2n) is 9.54. The maximum Gasteiger partial charge on any atom is 0.317 e. The summed E-state index contributed by atoms with van der Waals surface area (Å²) in [5.41, 5.74) is 3.07. The number of carbonyl (C=O) groups excluding carboxylic acids is 1. The van der Waals surface area contributed by atoms with Gasteiger partial charge in [-0.1, -0.05) is 0 Å². The van der Waals surface area contributed by atoms with Crippen molar-refractivity contribution in [1.29, 1.82) is 0 Å². The maximum atomic E-state index is 14.7. The highest BCUT2D eigenvalue weighted by Gasteiger charge is 2.22. The van der Waals surface area contributed by atoms with Crippen LogP contribution in [0, 0.1) is 5.82 Å². The van der Waals surface area contributed by atoms with Gasteiger partial charge in [0, 0.05) is 79.0 Å². The summed E-state index contributed by atoms with van der Waals surface area (Å²) < 4.78 is 22.0. The van der Waals surface area contributed by atoms with Crippen LogP contribution in [0.5, 0.6) is 6.01 Å². The highest BCUT2D eigenvalue weighted by atomic mass is 19.1. The third kappa shape index (κ3) is 5.06. The molecule has 1 atom stereocenters. The van der Waals surface area contributed by atoms with Gasteiger partial charge in [0.25, 0.3) is 5.91 Å². The maximum absolute atomic E-state index is 14.7. The fourth-order valence-corrected chi connectivity index (χ4v) is 4.80. The van der Waals surface area contributed by atoms with Crippen LogP contribution < -0.4 is 20.3 Å². The monoisotopic (exact) mass is 527 g/mol. The number of rotatable bonds is 6. The lowest BCUT2D eigenvalue weighted by atomic mass is 10.1. The van der Waals surface area contributed by atoms with Gasteiger partial charge in [-0.15, -0.1) is 0 Å². The quantitative estimate of drug-likeness (QED) is 0.343. The number of fused-ring (bicyclic) bond motifs is 2. The Morgan fingerprint density at radius 2 is 2.10 bits per heavy atom. The number of benzene rings is 2. The van der Waals surface area contributed by atoms with Crippen LogP contribution in [-0.2, 0) is 13.7 Å². The zero-order chi connectivity index (χ0) is 26.9. The molecule has 2 N–H and O–H groups in total. The number of hydrogen-bond acceptors (Lipinski definition) is 9. The van der Waals surface area contributed by atoms with E-state index in [9.17, 15) is 9.18 Å². The summed E-state index contributed by atoms with van der Waals surface area (Å²) in [4.78, 5) is 24.8. The van der Waals surface area contributed by atoms with Crippen LogP contribution in [0.2, 0.25) is 0 Å². The first-order valence-corrected chi connectivity index (χ1v) is 12.6. The van der Waals surface area contributed by atoms with E-state index in [1.807, 2.05) is 6.07 Å². The highest BCUT2D eigenvalue weighted by molar-refractivity contribution is 6.14. The van der Waals surface area contributed by atoms with E-state index in [-0.39, 0.29) is 18.1 Å². The molecule has 6 rings (SSSR count). The number of halogens is 1. The Kier molecular flexibility index (Phi) is 6.45. The van der Waals surface area contributed by atoms with E-state index in [4.69, 9.17) is 4.74 Å². The molecule has 1 aliphatic rings. The molecule has 11 nitrogen and oxygen atoms in total. The van der Waals surface area contributed by atoms with Gasteiger partial charge in [0.15, 0.2) is 5.82 Å². The van der Waals surface area contributed by atoms with Crippen molar-refractivity contribution in [3.8, 4) is 6.01 Å². The van der Waals surface area contributed by atoms with Gasteiger partial charge in [0.2, 0.25) is 0 Å². The summed E-state index contributed by atoms with van der Waals surface area (Å²) in [6.07, 6.45) is 6.56. The Bertz CT molecular complexity index is 1680. The molecule has 198 valence electrons. The van der Waals surface area contributed by atoms with E-state index in [1.165, 1.54) is 10.7 Å². The molecule has 4 heterocycles. The summed E-state index contributed by atoms with van der Waals surface area (Å²) in [5, 5.41) is 19.3. The highest BCUT2D eigenvalue weighted by Crippen LogP contribution is 2.31. The van der Waals surface area contributed by atoms with Crippen molar-refractivity contribution in [3.05, 3.63) is 72.1 Å². The zero-order valence-corrected chi connectivity index (χ0v) is 21.4. The minimum atomic E-state index is -0.514. The predicted molar refractivity (Wildman–Crippen MR) is 144 cm³/mol.